The van der Waals surface area contributed by atoms with Crippen molar-refractivity contribution in [3.8, 4) is 5.75 Å². The van der Waals surface area contributed by atoms with E-state index < -0.39 is 5.54 Å². The molecule has 0 bridgehead atoms. The van der Waals surface area contributed by atoms with Crippen LogP contribution in [-0.4, -0.2) is 23.0 Å². The van der Waals surface area contributed by atoms with E-state index in [9.17, 15) is 4.79 Å². The molecule has 4 aromatic rings. The zero-order chi connectivity index (χ0) is 25.0. The minimum absolute atomic E-state index is 0.298. The number of amides is 1. The van der Waals surface area contributed by atoms with Gasteiger partial charge >= 0.3 is 0 Å². The van der Waals surface area contributed by atoms with Gasteiger partial charge in [-0.15, -0.1) is 0 Å². The molecule has 0 spiro atoms. The number of benzene rings is 2. The summed E-state index contributed by atoms with van der Waals surface area (Å²) in [5.74, 6) is 0.448. The highest BCUT2D eigenvalue weighted by atomic mass is 35.5. The highest BCUT2D eigenvalue weighted by Gasteiger charge is 2.25. The van der Waals surface area contributed by atoms with Gasteiger partial charge in [0.15, 0.2) is 0 Å². The number of carbonyl (C=O) groups is 1. The smallest absolute Gasteiger partial charge is 0.255 e. The van der Waals surface area contributed by atoms with Crippen molar-refractivity contribution >= 4 is 39.9 Å². The molecule has 0 fully saturated rings. The second-order valence-corrected chi connectivity index (χ2v) is 8.84. The molecule has 2 N–H and O–H groups in total. The number of nitrogens with zero attached hydrogens (tertiary/aromatic N) is 3. The zero-order valence-electron chi connectivity index (χ0n) is 19.6. The number of pyridine rings is 2. The van der Waals surface area contributed by atoms with Crippen LogP contribution in [0, 0.1) is 6.57 Å². The Hall–Kier alpha value is -4.15. The number of fused-ring (bicyclic) bond motifs is 1. The minimum atomic E-state index is -0.622. The van der Waals surface area contributed by atoms with E-state index >= 15 is 0 Å². The number of nitrogens with one attached hydrogen (secondary N) is 2. The number of carbonyl (C=O) groups excluding carboxylic acids is 1. The fourth-order valence-corrected chi connectivity index (χ4v) is 3.68. The lowest BCUT2D eigenvalue weighted by Gasteiger charge is -2.16. The number of hydrogen-bond acceptors (Lipinski definition) is 5. The van der Waals surface area contributed by atoms with Crippen molar-refractivity contribution in [1.29, 1.82) is 0 Å². The molecule has 0 unspecified atom stereocenters. The fraction of sp³-hybridized carbons (Fsp3) is 0.185. The second-order valence-electron chi connectivity index (χ2n) is 8.45. The molecule has 35 heavy (non-hydrogen) atoms. The highest BCUT2D eigenvalue weighted by molar-refractivity contribution is 6.30. The lowest BCUT2D eigenvalue weighted by atomic mass is 9.95. The average molecular weight is 486 g/mol. The molecule has 0 atom stereocenters. The van der Waals surface area contributed by atoms with Crippen LogP contribution in [0.4, 0.5) is 11.4 Å². The third-order valence-corrected chi connectivity index (χ3v) is 5.89. The van der Waals surface area contributed by atoms with Crippen LogP contribution in [0.15, 0.2) is 66.9 Å². The summed E-state index contributed by atoms with van der Waals surface area (Å²) in [5, 5.41) is 6.56. The van der Waals surface area contributed by atoms with Crippen molar-refractivity contribution in [1.82, 2.24) is 15.3 Å². The zero-order valence-corrected chi connectivity index (χ0v) is 20.3. The van der Waals surface area contributed by atoms with Gasteiger partial charge in [0.25, 0.3) is 11.4 Å². The molecule has 176 valence electrons. The number of halogens is 1. The first kappa shape index (κ1) is 24.0. The Labute approximate surface area is 209 Å². The molecule has 0 saturated heterocycles. The third kappa shape index (κ3) is 5.34. The summed E-state index contributed by atoms with van der Waals surface area (Å²) < 4.78 is 5.18. The van der Waals surface area contributed by atoms with Crippen LogP contribution in [0.2, 0.25) is 5.15 Å². The van der Waals surface area contributed by atoms with Gasteiger partial charge in [-0.3, -0.25) is 9.78 Å². The molecule has 0 aliphatic carbocycles. The first-order valence-corrected chi connectivity index (χ1v) is 11.3. The van der Waals surface area contributed by atoms with E-state index in [4.69, 9.17) is 22.9 Å². The van der Waals surface area contributed by atoms with E-state index in [2.05, 4.69) is 25.4 Å². The summed E-state index contributed by atoms with van der Waals surface area (Å²) in [7, 11) is 1.61. The Morgan fingerprint density at radius 2 is 1.80 bits per heavy atom. The molecule has 4 rings (SSSR count). The Bertz CT molecular complexity index is 1410. The SMILES string of the molecule is [C-]#[N+]C(C)(C)c1ccc(Nc2c(C(=O)NCc3ccc(OC)cc3)cnc3ccc(Cl)nc23)cc1. The Balaban J connectivity index is 1.66. The summed E-state index contributed by atoms with van der Waals surface area (Å²) >= 11 is 6.17. The summed E-state index contributed by atoms with van der Waals surface area (Å²) in [6, 6.07) is 18.4. The fourth-order valence-electron chi connectivity index (χ4n) is 3.53. The molecule has 0 saturated carbocycles. The van der Waals surface area contributed by atoms with Crippen LogP contribution < -0.4 is 15.4 Å². The topological polar surface area (TPSA) is 80.5 Å². The number of ether oxygens (including phenoxy) is 1. The van der Waals surface area contributed by atoms with Crippen LogP contribution >= 0.6 is 11.6 Å². The van der Waals surface area contributed by atoms with Gasteiger partial charge in [0.2, 0.25) is 0 Å². The van der Waals surface area contributed by atoms with Gasteiger partial charge in [0.1, 0.15) is 16.4 Å². The van der Waals surface area contributed by atoms with Crippen molar-refractivity contribution in [2.45, 2.75) is 25.9 Å². The molecule has 2 aromatic heterocycles. The second kappa shape index (κ2) is 10.00. The molecular formula is C27H24ClN5O2. The normalized spacial score (nSPS) is 11.1. The van der Waals surface area contributed by atoms with Gasteiger partial charge in [-0.2, -0.15) is 0 Å². The molecule has 0 radical (unpaired) electrons. The predicted octanol–water partition coefficient (Wildman–Crippen LogP) is 6.12. The Kier molecular flexibility index (Phi) is 6.85. The summed E-state index contributed by atoms with van der Waals surface area (Å²) in [5.41, 5.74) is 3.89. The van der Waals surface area contributed by atoms with E-state index in [1.54, 1.807) is 19.2 Å². The molecule has 8 heteroatoms. The lowest BCUT2D eigenvalue weighted by Crippen LogP contribution is -2.24. The van der Waals surface area contributed by atoms with Crippen molar-refractivity contribution in [2.24, 2.45) is 0 Å². The highest BCUT2D eigenvalue weighted by Crippen LogP contribution is 2.31. The maximum absolute atomic E-state index is 13.2. The number of aromatic nitrogens is 2. The van der Waals surface area contributed by atoms with E-state index in [0.717, 1.165) is 22.6 Å². The van der Waals surface area contributed by atoms with Gasteiger partial charge in [0.05, 0.1) is 23.9 Å². The predicted molar refractivity (Wildman–Crippen MR) is 138 cm³/mol. The minimum Gasteiger partial charge on any atom is -0.497 e. The van der Waals surface area contributed by atoms with E-state index in [1.807, 2.05) is 62.4 Å². The number of anilines is 2. The van der Waals surface area contributed by atoms with Gasteiger partial charge in [-0.1, -0.05) is 23.7 Å². The maximum Gasteiger partial charge on any atom is 0.255 e. The van der Waals surface area contributed by atoms with Crippen LogP contribution in [0.25, 0.3) is 15.9 Å². The Morgan fingerprint density at radius 1 is 1.09 bits per heavy atom. The van der Waals surface area contributed by atoms with Crippen LogP contribution in [-0.2, 0) is 12.1 Å². The maximum atomic E-state index is 13.2. The first-order valence-electron chi connectivity index (χ1n) is 10.9. The van der Waals surface area contributed by atoms with Crippen molar-refractivity contribution in [3.63, 3.8) is 0 Å². The first-order chi connectivity index (χ1) is 16.8. The summed E-state index contributed by atoms with van der Waals surface area (Å²) in [6.45, 7) is 11.5. The molecule has 2 heterocycles. The summed E-state index contributed by atoms with van der Waals surface area (Å²) in [4.78, 5) is 25.7. The van der Waals surface area contributed by atoms with Gasteiger partial charge in [-0.05, 0) is 54.1 Å². The molecule has 7 nitrogen and oxygen atoms in total. The molecule has 0 aliphatic heterocycles. The van der Waals surface area contributed by atoms with Gasteiger partial charge in [-0.25, -0.2) is 11.6 Å². The third-order valence-electron chi connectivity index (χ3n) is 5.68. The average Bonchev–Trinajstić information content (AvgIpc) is 2.88. The number of methoxy groups -OCH3 is 1. The van der Waals surface area contributed by atoms with Crippen molar-refractivity contribution < 1.29 is 9.53 Å². The van der Waals surface area contributed by atoms with Crippen LogP contribution in [0.3, 0.4) is 0 Å². The molecule has 2 aromatic carbocycles. The van der Waals surface area contributed by atoms with E-state index in [0.29, 0.717) is 34.0 Å². The molecule has 1 amide bonds. The van der Waals surface area contributed by atoms with Gasteiger partial charge in [0, 0.05) is 37.8 Å². The monoisotopic (exact) mass is 485 g/mol. The lowest BCUT2D eigenvalue weighted by molar-refractivity contribution is 0.0951. The van der Waals surface area contributed by atoms with Crippen LogP contribution in [0.5, 0.6) is 5.75 Å². The number of hydrogen-bond donors (Lipinski definition) is 2. The van der Waals surface area contributed by atoms with Crippen molar-refractivity contribution in [3.05, 3.63) is 100 Å². The summed E-state index contributed by atoms with van der Waals surface area (Å²) in [6.07, 6.45) is 1.53. The quantitative estimate of drug-likeness (QED) is 0.243. The number of rotatable bonds is 7. The van der Waals surface area contributed by atoms with Crippen molar-refractivity contribution in [2.75, 3.05) is 12.4 Å². The standard InChI is InChI=1S/C27H24ClN5O2/c1-27(2,29-3)18-7-9-19(10-8-18)32-24-21(16-30-22-13-14-23(28)33-25(22)24)26(34)31-15-17-5-11-20(35-4)12-6-17/h5-14,16H,15H2,1-2,4H3,(H,30,32)(H,31,34). The molecule has 0 aliphatic rings. The molecular weight excluding hydrogens is 462 g/mol. The largest absolute Gasteiger partial charge is 0.497 e. The van der Waals surface area contributed by atoms with Gasteiger partial charge < -0.3 is 20.2 Å². The van der Waals surface area contributed by atoms with E-state index in [-0.39, 0.29) is 5.91 Å². The Morgan fingerprint density at radius 3 is 2.46 bits per heavy atom. The van der Waals surface area contributed by atoms with Crippen LogP contribution in [0.1, 0.15) is 35.3 Å². The van der Waals surface area contributed by atoms with E-state index in [1.165, 1.54) is 6.20 Å².